The number of carbonyl (C=O) groups excluding carboxylic acids is 1. The molecule has 0 saturated carbocycles. The van der Waals surface area contributed by atoms with Crippen molar-refractivity contribution in [2.24, 2.45) is 0 Å². The van der Waals surface area contributed by atoms with Crippen molar-refractivity contribution in [2.45, 2.75) is 0 Å². The number of aldehydes is 1. The van der Waals surface area contributed by atoms with Gasteiger partial charge in [-0.1, -0.05) is 42.5 Å². The smallest absolute Gasteiger partial charge is 0.151 e. The van der Waals surface area contributed by atoms with Gasteiger partial charge >= 0.3 is 0 Å². The molecule has 0 saturated heterocycles. The Bertz CT molecular complexity index is 955. The minimum Gasteiger partial charge on any atom is -0.312 e. The minimum absolute atomic E-state index is 0.658. The molecule has 0 N–H and O–H groups in total. The third kappa shape index (κ3) is 1.82. The summed E-state index contributed by atoms with van der Waals surface area (Å²) >= 11 is 0. The molecule has 0 aliphatic rings. The molecule has 0 fully saturated rings. The van der Waals surface area contributed by atoms with E-state index in [1.807, 2.05) is 71.3 Å². The summed E-state index contributed by atoms with van der Waals surface area (Å²) in [5.74, 6) is 0. The zero-order valence-electron chi connectivity index (χ0n) is 11.2. The summed E-state index contributed by atoms with van der Waals surface area (Å²) in [6.07, 6.45) is 2.73. The second-order valence-electron chi connectivity index (χ2n) is 4.96. The number of nitrogens with zero attached hydrogens (tertiary/aromatic N) is 2. The molecule has 2 heterocycles. The summed E-state index contributed by atoms with van der Waals surface area (Å²) in [7, 11) is 0. The number of carbonyl (C=O) groups is 1. The zero-order chi connectivity index (χ0) is 14.2. The van der Waals surface area contributed by atoms with Crippen molar-refractivity contribution < 1.29 is 4.79 Å². The monoisotopic (exact) mass is 272 g/mol. The summed E-state index contributed by atoms with van der Waals surface area (Å²) < 4.78 is 2.04. The van der Waals surface area contributed by atoms with Crippen molar-refractivity contribution in [2.75, 3.05) is 0 Å². The van der Waals surface area contributed by atoms with Crippen molar-refractivity contribution in [1.29, 1.82) is 0 Å². The lowest BCUT2D eigenvalue weighted by molar-refractivity contribution is 0.112. The van der Waals surface area contributed by atoms with Crippen LogP contribution in [0.5, 0.6) is 0 Å². The van der Waals surface area contributed by atoms with Crippen LogP contribution in [-0.2, 0) is 0 Å². The summed E-state index contributed by atoms with van der Waals surface area (Å²) in [6.45, 7) is 0. The van der Waals surface area contributed by atoms with Crippen LogP contribution in [-0.4, -0.2) is 15.7 Å². The second-order valence-corrected chi connectivity index (χ2v) is 4.96. The van der Waals surface area contributed by atoms with Gasteiger partial charge in [0.1, 0.15) is 0 Å². The highest BCUT2D eigenvalue weighted by atomic mass is 16.1. The molecule has 4 rings (SSSR count). The highest BCUT2D eigenvalue weighted by Crippen LogP contribution is 2.27. The lowest BCUT2D eigenvalue weighted by Gasteiger charge is -2.08. The molecule has 0 radical (unpaired) electrons. The molecule has 0 atom stereocenters. The van der Waals surface area contributed by atoms with Gasteiger partial charge in [-0.3, -0.25) is 4.79 Å². The van der Waals surface area contributed by atoms with Gasteiger partial charge in [-0.25, -0.2) is 4.98 Å². The van der Waals surface area contributed by atoms with Crippen LogP contribution >= 0.6 is 0 Å². The number of benzene rings is 2. The molecule has 0 amide bonds. The highest BCUT2D eigenvalue weighted by Gasteiger charge is 2.11. The summed E-state index contributed by atoms with van der Waals surface area (Å²) in [5.41, 5.74) is 5.45. The normalized spacial score (nSPS) is 11.0. The number of para-hydroxylation sites is 2. The Balaban J connectivity index is 2.17. The molecular weight excluding hydrogens is 260 g/mol. The molecule has 0 aliphatic heterocycles. The molecule has 2 aromatic carbocycles. The Kier molecular flexibility index (Phi) is 2.57. The van der Waals surface area contributed by atoms with Crippen LogP contribution < -0.4 is 0 Å². The molecule has 2 aromatic heterocycles. The average Bonchev–Trinajstić information content (AvgIpc) is 2.99. The molecule has 100 valence electrons. The SMILES string of the molecule is O=Cc1cc2c(-c3ccccc3)nc3ccccc3n2c1. The largest absolute Gasteiger partial charge is 0.312 e. The first kappa shape index (κ1) is 11.9. The molecule has 21 heavy (non-hydrogen) atoms. The number of rotatable bonds is 2. The molecular formula is C18H12N2O. The van der Waals surface area contributed by atoms with Gasteiger partial charge in [-0.15, -0.1) is 0 Å². The van der Waals surface area contributed by atoms with E-state index in [9.17, 15) is 4.79 Å². The van der Waals surface area contributed by atoms with Crippen LogP contribution in [0.25, 0.3) is 27.8 Å². The summed E-state index contributed by atoms with van der Waals surface area (Å²) in [5, 5.41) is 0. The van der Waals surface area contributed by atoms with E-state index >= 15 is 0 Å². The Labute approximate surface area is 121 Å². The van der Waals surface area contributed by atoms with E-state index in [-0.39, 0.29) is 0 Å². The Hall–Kier alpha value is -2.94. The Morgan fingerprint density at radius 1 is 0.905 bits per heavy atom. The number of aromatic nitrogens is 2. The first-order valence-corrected chi connectivity index (χ1v) is 6.78. The van der Waals surface area contributed by atoms with E-state index < -0.39 is 0 Å². The van der Waals surface area contributed by atoms with Gasteiger partial charge in [0, 0.05) is 17.3 Å². The quantitative estimate of drug-likeness (QED) is 0.517. The maximum absolute atomic E-state index is 11.1. The molecule has 4 aromatic rings. The Morgan fingerprint density at radius 3 is 2.48 bits per heavy atom. The van der Waals surface area contributed by atoms with Crippen LogP contribution in [0.4, 0.5) is 0 Å². The zero-order valence-corrected chi connectivity index (χ0v) is 11.2. The van der Waals surface area contributed by atoms with E-state index in [0.717, 1.165) is 34.1 Å². The van der Waals surface area contributed by atoms with Crippen molar-refractivity contribution in [3.05, 3.63) is 72.4 Å². The van der Waals surface area contributed by atoms with Crippen LogP contribution in [0.15, 0.2) is 66.9 Å². The van der Waals surface area contributed by atoms with Gasteiger partial charge in [0.05, 0.1) is 22.2 Å². The molecule has 3 heteroatoms. The van der Waals surface area contributed by atoms with Gasteiger partial charge < -0.3 is 4.40 Å². The second kappa shape index (κ2) is 4.56. The molecule has 0 unspecified atom stereocenters. The van der Waals surface area contributed by atoms with E-state index in [0.29, 0.717) is 5.56 Å². The minimum atomic E-state index is 0.658. The van der Waals surface area contributed by atoms with Crippen LogP contribution in [0, 0.1) is 0 Å². The number of hydrogen-bond donors (Lipinski definition) is 0. The van der Waals surface area contributed by atoms with Crippen molar-refractivity contribution in [3.8, 4) is 11.3 Å². The van der Waals surface area contributed by atoms with Crippen LogP contribution in [0.3, 0.4) is 0 Å². The maximum atomic E-state index is 11.1. The fourth-order valence-corrected chi connectivity index (χ4v) is 2.68. The van der Waals surface area contributed by atoms with Crippen molar-refractivity contribution in [3.63, 3.8) is 0 Å². The molecule has 3 nitrogen and oxygen atoms in total. The lowest BCUT2D eigenvalue weighted by Crippen LogP contribution is -1.94. The maximum Gasteiger partial charge on any atom is 0.151 e. The fourth-order valence-electron chi connectivity index (χ4n) is 2.68. The predicted octanol–water partition coefficient (Wildman–Crippen LogP) is 3.97. The van der Waals surface area contributed by atoms with Gasteiger partial charge in [0.15, 0.2) is 6.29 Å². The van der Waals surface area contributed by atoms with Crippen LogP contribution in [0.2, 0.25) is 0 Å². The van der Waals surface area contributed by atoms with Crippen molar-refractivity contribution in [1.82, 2.24) is 9.38 Å². The fraction of sp³-hybridized carbons (Fsp3) is 0. The van der Waals surface area contributed by atoms with Gasteiger partial charge in [-0.05, 0) is 18.2 Å². The van der Waals surface area contributed by atoms with E-state index in [4.69, 9.17) is 4.98 Å². The Morgan fingerprint density at radius 2 is 1.67 bits per heavy atom. The van der Waals surface area contributed by atoms with E-state index in [2.05, 4.69) is 0 Å². The molecule has 0 aliphatic carbocycles. The van der Waals surface area contributed by atoms with E-state index in [1.165, 1.54) is 0 Å². The molecule has 0 spiro atoms. The molecule has 0 bridgehead atoms. The third-order valence-corrected chi connectivity index (χ3v) is 3.64. The van der Waals surface area contributed by atoms with Crippen LogP contribution in [0.1, 0.15) is 10.4 Å². The summed E-state index contributed by atoms with van der Waals surface area (Å²) in [4.78, 5) is 15.9. The third-order valence-electron chi connectivity index (χ3n) is 3.64. The number of hydrogen-bond acceptors (Lipinski definition) is 2. The van der Waals surface area contributed by atoms with Crippen molar-refractivity contribution >= 4 is 22.8 Å². The van der Waals surface area contributed by atoms with E-state index in [1.54, 1.807) is 0 Å². The number of fused-ring (bicyclic) bond motifs is 3. The van der Waals surface area contributed by atoms with Gasteiger partial charge in [0.25, 0.3) is 0 Å². The predicted molar refractivity (Wildman–Crippen MR) is 83.5 cm³/mol. The first-order valence-electron chi connectivity index (χ1n) is 6.78. The average molecular weight is 272 g/mol. The summed E-state index contributed by atoms with van der Waals surface area (Å²) in [6, 6.07) is 19.9. The standard InChI is InChI=1S/C18H12N2O/c21-12-13-10-17-18(14-6-2-1-3-7-14)19-15-8-4-5-9-16(15)20(17)11-13/h1-12H. The van der Waals surface area contributed by atoms with Gasteiger partial charge in [-0.2, -0.15) is 0 Å². The topological polar surface area (TPSA) is 34.4 Å². The van der Waals surface area contributed by atoms with Gasteiger partial charge in [0.2, 0.25) is 0 Å². The lowest BCUT2D eigenvalue weighted by atomic mass is 10.1. The highest BCUT2D eigenvalue weighted by molar-refractivity contribution is 5.91. The first-order chi connectivity index (χ1) is 10.4.